The summed E-state index contributed by atoms with van der Waals surface area (Å²) in [5, 5.41) is 15.3. The normalized spacial score (nSPS) is 12.0. The Labute approximate surface area is 113 Å². The van der Waals surface area contributed by atoms with E-state index in [1.807, 2.05) is 0 Å². The lowest BCUT2D eigenvalue weighted by molar-refractivity contribution is 0.0827. The first-order valence-electron chi connectivity index (χ1n) is 6.31. The molecule has 1 rings (SSSR count). The van der Waals surface area contributed by atoms with Crippen LogP contribution in [0, 0.1) is 0 Å². The molecule has 0 saturated carbocycles. The van der Waals surface area contributed by atoms with Crippen molar-refractivity contribution in [2.45, 2.75) is 13.0 Å². The van der Waals surface area contributed by atoms with Gasteiger partial charge in [0.25, 0.3) is 5.91 Å². The number of carbonyl (C=O) groups is 1. The van der Waals surface area contributed by atoms with E-state index in [1.54, 1.807) is 39.3 Å². The van der Waals surface area contributed by atoms with Gasteiger partial charge in [0.15, 0.2) is 0 Å². The summed E-state index contributed by atoms with van der Waals surface area (Å²) in [4.78, 5) is 17.3. The highest BCUT2D eigenvalue weighted by atomic mass is 16.3. The van der Waals surface area contributed by atoms with Crippen LogP contribution in [0.5, 0.6) is 0 Å². The van der Waals surface area contributed by atoms with Gasteiger partial charge in [0.2, 0.25) is 0 Å². The average Bonchev–Trinajstić information content (AvgIpc) is 2.37. The SMILES string of the molecule is CC(O)CNCCNc1ccc(C(=O)N(C)C)cn1. The molecule has 1 heterocycles. The van der Waals surface area contributed by atoms with E-state index in [2.05, 4.69) is 15.6 Å². The van der Waals surface area contributed by atoms with Crippen molar-refractivity contribution in [3.63, 3.8) is 0 Å². The molecule has 0 aliphatic carbocycles. The quantitative estimate of drug-likeness (QED) is 0.613. The zero-order valence-electron chi connectivity index (χ0n) is 11.7. The van der Waals surface area contributed by atoms with Crippen LogP contribution >= 0.6 is 0 Å². The maximum absolute atomic E-state index is 11.7. The summed E-state index contributed by atoms with van der Waals surface area (Å²) in [6.07, 6.45) is 1.22. The Morgan fingerprint density at radius 3 is 2.68 bits per heavy atom. The minimum Gasteiger partial charge on any atom is -0.392 e. The summed E-state index contributed by atoms with van der Waals surface area (Å²) in [6, 6.07) is 3.53. The number of amides is 1. The third kappa shape index (κ3) is 5.67. The van der Waals surface area contributed by atoms with Crippen LogP contribution in [0.1, 0.15) is 17.3 Å². The molecule has 1 amide bonds. The van der Waals surface area contributed by atoms with Crippen LogP contribution < -0.4 is 10.6 Å². The van der Waals surface area contributed by atoms with Crippen molar-refractivity contribution >= 4 is 11.7 Å². The van der Waals surface area contributed by atoms with E-state index in [0.29, 0.717) is 18.7 Å². The molecular formula is C13H22N4O2. The molecule has 0 spiro atoms. The molecule has 1 atom stereocenters. The summed E-state index contributed by atoms with van der Waals surface area (Å²) in [6.45, 7) is 3.76. The van der Waals surface area contributed by atoms with Crippen LogP contribution in [0.3, 0.4) is 0 Å². The summed E-state index contributed by atoms with van der Waals surface area (Å²) in [5.41, 5.74) is 0.572. The number of anilines is 1. The molecule has 1 aromatic heterocycles. The van der Waals surface area contributed by atoms with Crippen molar-refractivity contribution in [3.8, 4) is 0 Å². The largest absolute Gasteiger partial charge is 0.392 e. The fourth-order valence-electron chi connectivity index (χ4n) is 1.47. The van der Waals surface area contributed by atoms with Crippen LogP contribution in [-0.2, 0) is 0 Å². The van der Waals surface area contributed by atoms with Gasteiger partial charge in [-0.1, -0.05) is 0 Å². The van der Waals surface area contributed by atoms with E-state index in [1.165, 1.54) is 4.90 Å². The number of nitrogens with one attached hydrogen (secondary N) is 2. The average molecular weight is 266 g/mol. The molecule has 19 heavy (non-hydrogen) atoms. The lowest BCUT2D eigenvalue weighted by Gasteiger charge is -2.11. The number of rotatable bonds is 7. The molecule has 0 fully saturated rings. The lowest BCUT2D eigenvalue weighted by atomic mass is 10.2. The van der Waals surface area contributed by atoms with Crippen molar-refractivity contribution in [2.75, 3.05) is 39.0 Å². The molecule has 1 aromatic rings. The summed E-state index contributed by atoms with van der Waals surface area (Å²) in [5.74, 6) is 0.673. The van der Waals surface area contributed by atoms with Crippen LogP contribution in [0.25, 0.3) is 0 Å². The van der Waals surface area contributed by atoms with Crippen LogP contribution in [0.2, 0.25) is 0 Å². The lowest BCUT2D eigenvalue weighted by Crippen LogP contribution is -2.29. The fraction of sp³-hybridized carbons (Fsp3) is 0.538. The Balaban J connectivity index is 2.34. The minimum absolute atomic E-state index is 0.0577. The topological polar surface area (TPSA) is 77.5 Å². The number of nitrogens with zero attached hydrogens (tertiary/aromatic N) is 2. The van der Waals surface area contributed by atoms with Crippen LogP contribution in [0.15, 0.2) is 18.3 Å². The standard InChI is InChI=1S/C13H22N4O2/c1-10(18)8-14-6-7-15-12-5-4-11(9-16-12)13(19)17(2)3/h4-5,9-10,14,18H,6-8H2,1-3H3,(H,15,16). The maximum Gasteiger partial charge on any atom is 0.254 e. The number of aliphatic hydroxyl groups excluding tert-OH is 1. The second-order valence-electron chi connectivity index (χ2n) is 4.61. The van der Waals surface area contributed by atoms with Gasteiger partial charge in [-0.25, -0.2) is 4.98 Å². The van der Waals surface area contributed by atoms with Gasteiger partial charge in [-0.05, 0) is 19.1 Å². The molecule has 106 valence electrons. The molecule has 0 bridgehead atoms. The highest BCUT2D eigenvalue weighted by Crippen LogP contribution is 2.06. The number of carbonyl (C=O) groups excluding carboxylic acids is 1. The summed E-state index contributed by atoms with van der Waals surface area (Å²) < 4.78 is 0. The van der Waals surface area contributed by atoms with Gasteiger partial charge in [-0.15, -0.1) is 0 Å². The van der Waals surface area contributed by atoms with Gasteiger partial charge in [0, 0.05) is 39.9 Å². The van der Waals surface area contributed by atoms with Gasteiger partial charge >= 0.3 is 0 Å². The number of aromatic nitrogens is 1. The van der Waals surface area contributed by atoms with E-state index in [0.717, 1.165) is 12.4 Å². The molecule has 0 saturated heterocycles. The Morgan fingerprint density at radius 2 is 2.16 bits per heavy atom. The fourth-order valence-corrected chi connectivity index (χ4v) is 1.47. The second-order valence-corrected chi connectivity index (χ2v) is 4.61. The van der Waals surface area contributed by atoms with E-state index >= 15 is 0 Å². The van der Waals surface area contributed by atoms with E-state index < -0.39 is 0 Å². The van der Waals surface area contributed by atoms with Crippen LogP contribution in [0.4, 0.5) is 5.82 Å². The molecule has 0 radical (unpaired) electrons. The van der Waals surface area contributed by atoms with Gasteiger partial charge in [-0.3, -0.25) is 4.79 Å². The van der Waals surface area contributed by atoms with Crippen molar-refractivity contribution in [1.29, 1.82) is 0 Å². The van der Waals surface area contributed by atoms with Crippen LogP contribution in [-0.4, -0.2) is 60.7 Å². The van der Waals surface area contributed by atoms with E-state index in [9.17, 15) is 4.79 Å². The third-order valence-electron chi connectivity index (χ3n) is 2.46. The second kappa shape index (κ2) is 7.70. The number of hydrogen-bond acceptors (Lipinski definition) is 5. The molecule has 1 unspecified atom stereocenters. The molecule has 0 aliphatic heterocycles. The zero-order valence-corrected chi connectivity index (χ0v) is 11.7. The highest BCUT2D eigenvalue weighted by Gasteiger charge is 2.07. The van der Waals surface area contributed by atoms with Crippen molar-refractivity contribution in [1.82, 2.24) is 15.2 Å². The zero-order chi connectivity index (χ0) is 14.3. The molecule has 0 aromatic carbocycles. The maximum atomic E-state index is 11.7. The summed E-state index contributed by atoms with van der Waals surface area (Å²) in [7, 11) is 3.42. The number of pyridine rings is 1. The smallest absolute Gasteiger partial charge is 0.254 e. The van der Waals surface area contributed by atoms with Gasteiger partial charge < -0.3 is 20.6 Å². The predicted octanol–water partition coefficient (Wildman–Crippen LogP) is 0.166. The summed E-state index contributed by atoms with van der Waals surface area (Å²) >= 11 is 0. The molecule has 6 heteroatoms. The Morgan fingerprint density at radius 1 is 1.42 bits per heavy atom. The first kappa shape index (κ1) is 15.4. The van der Waals surface area contributed by atoms with Crippen molar-refractivity contribution in [3.05, 3.63) is 23.9 Å². The monoisotopic (exact) mass is 266 g/mol. The molecule has 3 N–H and O–H groups in total. The van der Waals surface area contributed by atoms with E-state index in [-0.39, 0.29) is 12.0 Å². The number of aliphatic hydroxyl groups is 1. The highest BCUT2D eigenvalue weighted by molar-refractivity contribution is 5.93. The predicted molar refractivity (Wildman–Crippen MR) is 75.3 cm³/mol. The minimum atomic E-state index is -0.338. The van der Waals surface area contributed by atoms with E-state index in [4.69, 9.17) is 5.11 Å². The molecular weight excluding hydrogens is 244 g/mol. The van der Waals surface area contributed by atoms with Gasteiger partial charge in [0.05, 0.1) is 11.7 Å². The van der Waals surface area contributed by atoms with Crippen molar-refractivity contribution < 1.29 is 9.90 Å². The van der Waals surface area contributed by atoms with Crippen molar-refractivity contribution in [2.24, 2.45) is 0 Å². The molecule has 0 aliphatic rings. The van der Waals surface area contributed by atoms with Gasteiger partial charge in [0.1, 0.15) is 5.82 Å². The Hall–Kier alpha value is -1.66. The van der Waals surface area contributed by atoms with Gasteiger partial charge in [-0.2, -0.15) is 0 Å². The number of hydrogen-bond donors (Lipinski definition) is 3. The Kier molecular flexibility index (Phi) is 6.24. The third-order valence-corrected chi connectivity index (χ3v) is 2.46. The first-order valence-corrected chi connectivity index (χ1v) is 6.31. The molecule has 6 nitrogen and oxygen atoms in total. The Bertz CT molecular complexity index is 390. The first-order chi connectivity index (χ1) is 9.00.